The van der Waals surface area contributed by atoms with E-state index in [2.05, 4.69) is 25.4 Å². The van der Waals surface area contributed by atoms with Gasteiger partial charge in [0, 0.05) is 66.2 Å². The fraction of sp³-hybridized carbons (Fsp3) is 0.281. The molecule has 2 aliphatic heterocycles. The average Bonchev–Trinajstić information content (AvgIpc) is 3.52. The lowest BCUT2D eigenvalue weighted by atomic mass is 10.1. The van der Waals surface area contributed by atoms with E-state index in [0.29, 0.717) is 60.5 Å². The van der Waals surface area contributed by atoms with Crippen LogP contribution >= 0.6 is 11.3 Å². The van der Waals surface area contributed by atoms with Gasteiger partial charge in [0.2, 0.25) is 0 Å². The van der Waals surface area contributed by atoms with Gasteiger partial charge in [-0.15, -0.1) is 11.3 Å². The van der Waals surface area contributed by atoms with E-state index >= 15 is 0 Å². The highest BCUT2D eigenvalue weighted by molar-refractivity contribution is 7.91. The number of morpholine rings is 1. The maximum Gasteiger partial charge on any atom is 0.257 e. The summed E-state index contributed by atoms with van der Waals surface area (Å²) >= 11 is 1.34. The Labute approximate surface area is 260 Å². The third-order valence-corrected chi connectivity index (χ3v) is 10.1. The van der Waals surface area contributed by atoms with Crippen molar-refractivity contribution in [1.82, 2.24) is 9.88 Å². The minimum Gasteiger partial charge on any atom is -0.378 e. The summed E-state index contributed by atoms with van der Waals surface area (Å²) < 4.78 is 28.7. The Morgan fingerprint density at radius 2 is 1.41 bits per heavy atom. The summed E-state index contributed by atoms with van der Waals surface area (Å²) in [6, 6.07) is 22.3. The zero-order valence-corrected chi connectivity index (χ0v) is 25.7. The maximum absolute atomic E-state index is 12.9. The fourth-order valence-corrected chi connectivity index (χ4v) is 7.13. The number of carbonyl (C=O) groups excluding carboxylic acids is 2. The number of amides is 2. The minimum absolute atomic E-state index is 0.200. The Kier molecular flexibility index (Phi) is 9.03. The quantitative estimate of drug-likeness (QED) is 0.294. The number of ether oxygens (including phenoxy) is 1. The first kappa shape index (κ1) is 29.9. The summed E-state index contributed by atoms with van der Waals surface area (Å²) in [6.07, 6.45) is 0. The van der Waals surface area contributed by atoms with Gasteiger partial charge in [0.1, 0.15) is 0 Å². The molecule has 44 heavy (non-hydrogen) atoms. The number of aromatic nitrogens is 1. The summed E-state index contributed by atoms with van der Waals surface area (Å²) in [5.74, 6) is -0.0469. The third-order valence-electron chi connectivity index (χ3n) is 7.73. The van der Waals surface area contributed by atoms with Crippen LogP contribution in [0.5, 0.6) is 0 Å². The molecule has 0 saturated carbocycles. The second kappa shape index (κ2) is 13.3. The van der Waals surface area contributed by atoms with Gasteiger partial charge in [0.15, 0.2) is 15.0 Å². The van der Waals surface area contributed by atoms with Gasteiger partial charge in [0.05, 0.1) is 30.4 Å². The van der Waals surface area contributed by atoms with Gasteiger partial charge in [0.25, 0.3) is 11.8 Å². The van der Waals surface area contributed by atoms with Crippen LogP contribution in [0.4, 0.5) is 16.5 Å². The van der Waals surface area contributed by atoms with Gasteiger partial charge in [-0.3, -0.25) is 19.8 Å². The smallest absolute Gasteiger partial charge is 0.257 e. The lowest BCUT2D eigenvalue weighted by Gasteiger charge is -2.28. The number of benzene rings is 3. The Morgan fingerprint density at radius 1 is 0.795 bits per heavy atom. The SMILES string of the molecule is O=C(Nc1ccc(CN2CCS(=O)(=O)CC2)cc1)c1ccc(-c2csc(NC(=O)c3ccc(N4CCOCC4)cc3)n2)cc1. The van der Waals surface area contributed by atoms with Crippen LogP contribution in [0.1, 0.15) is 26.3 Å². The molecule has 3 heterocycles. The molecular weight excluding hydrogens is 599 g/mol. The fourth-order valence-electron chi connectivity index (χ4n) is 5.13. The number of carbonyl (C=O) groups is 2. The van der Waals surface area contributed by atoms with E-state index in [9.17, 15) is 18.0 Å². The lowest BCUT2D eigenvalue weighted by Crippen LogP contribution is -2.39. The van der Waals surface area contributed by atoms with Crippen molar-refractivity contribution in [2.45, 2.75) is 6.54 Å². The van der Waals surface area contributed by atoms with E-state index in [4.69, 9.17) is 4.74 Å². The average molecular weight is 632 g/mol. The van der Waals surface area contributed by atoms with Crippen LogP contribution in [-0.2, 0) is 21.1 Å². The minimum atomic E-state index is -2.90. The Bertz CT molecular complexity index is 1700. The highest BCUT2D eigenvalue weighted by Crippen LogP contribution is 2.26. The highest BCUT2D eigenvalue weighted by atomic mass is 32.2. The van der Waals surface area contributed by atoms with Crippen molar-refractivity contribution in [3.05, 3.63) is 94.9 Å². The van der Waals surface area contributed by atoms with Crippen LogP contribution in [0, 0.1) is 0 Å². The van der Waals surface area contributed by atoms with Crippen LogP contribution in [0.3, 0.4) is 0 Å². The van der Waals surface area contributed by atoms with E-state index in [1.807, 2.05) is 66.0 Å². The summed E-state index contributed by atoms with van der Waals surface area (Å²) in [4.78, 5) is 34.6. The first-order valence-corrected chi connectivity index (χ1v) is 17.1. The molecule has 2 saturated heterocycles. The van der Waals surface area contributed by atoms with E-state index in [0.717, 1.165) is 29.9 Å². The molecule has 12 heteroatoms. The zero-order chi connectivity index (χ0) is 30.5. The van der Waals surface area contributed by atoms with Crippen molar-refractivity contribution in [3.8, 4) is 11.3 Å². The molecule has 0 bridgehead atoms. The molecule has 3 aromatic carbocycles. The van der Waals surface area contributed by atoms with E-state index in [1.165, 1.54) is 11.3 Å². The molecule has 2 fully saturated rings. The molecule has 0 atom stereocenters. The molecule has 2 amide bonds. The van der Waals surface area contributed by atoms with Gasteiger partial charge in [-0.2, -0.15) is 0 Å². The van der Waals surface area contributed by atoms with Crippen molar-refractivity contribution in [2.75, 3.05) is 66.4 Å². The second-order valence-electron chi connectivity index (χ2n) is 10.8. The number of nitrogens with one attached hydrogen (secondary N) is 2. The number of anilines is 3. The number of hydrogen-bond donors (Lipinski definition) is 2. The van der Waals surface area contributed by atoms with Crippen LogP contribution in [0.25, 0.3) is 11.3 Å². The van der Waals surface area contributed by atoms with Crippen molar-refractivity contribution in [3.63, 3.8) is 0 Å². The second-order valence-corrected chi connectivity index (χ2v) is 14.0. The van der Waals surface area contributed by atoms with Crippen molar-refractivity contribution >= 4 is 49.5 Å². The van der Waals surface area contributed by atoms with Gasteiger partial charge in [-0.25, -0.2) is 13.4 Å². The Balaban J connectivity index is 1.01. The van der Waals surface area contributed by atoms with Gasteiger partial charge >= 0.3 is 0 Å². The molecule has 0 radical (unpaired) electrons. The van der Waals surface area contributed by atoms with E-state index in [1.54, 1.807) is 12.1 Å². The predicted octanol–water partition coefficient (Wildman–Crippen LogP) is 4.38. The first-order valence-electron chi connectivity index (χ1n) is 14.4. The molecule has 4 aromatic rings. The van der Waals surface area contributed by atoms with Crippen molar-refractivity contribution in [1.29, 1.82) is 0 Å². The van der Waals surface area contributed by atoms with Crippen LogP contribution in [-0.4, -0.2) is 81.0 Å². The van der Waals surface area contributed by atoms with Crippen molar-refractivity contribution < 1.29 is 22.7 Å². The molecule has 0 unspecified atom stereocenters. The number of hydrogen-bond acceptors (Lipinski definition) is 9. The largest absolute Gasteiger partial charge is 0.378 e. The molecule has 10 nitrogen and oxygen atoms in total. The van der Waals surface area contributed by atoms with E-state index < -0.39 is 9.84 Å². The molecule has 0 spiro atoms. The normalized spacial score (nSPS) is 16.8. The zero-order valence-electron chi connectivity index (χ0n) is 24.1. The Morgan fingerprint density at radius 3 is 2.07 bits per heavy atom. The third kappa shape index (κ3) is 7.51. The Hall–Kier alpha value is -4.10. The van der Waals surface area contributed by atoms with Crippen molar-refractivity contribution in [2.24, 2.45) is 0 Å². The standard InChI is InChI=1S/C32H33N5O5S2/c38-30(33-27-9-1-23(2-10-27)21-36-15-19-44(40,41)20-16-36)25-5-3-24(4-6-25)29-22-43-32(34-29)35-31(39)26-7-11-28(12-8-26)37-13-17-42-18-14-37/h1-12,22H,13-21H2,(H,33,38)(H,34,35,39). The molecular formula is C32H33N5O5S2. The molecule has 2 aliphatic rings. The molecule has 1 aromatic heterocycles. The summed E-state index contributed by atoms with van der Waals surface area (Å²) in [5.41, 5.74) is 5.43. The molecule has 6 rings (SSSR count). The summed E-state index contributed by atoms with van der Waals surface area (Å²) in [6.45, 7) is 4.85. The van der Waals surface area contributed by atoms with Gasteiger partial charge in [-0.05, 0) is 54.1 Å². The predicted molar refractivity (Wildman–Crippen MR) is 173 cm³/mol. The number of rotatable bonds is 8. The molecule has 228 valence electrons. The van der Waals surface area contributed by atoms with Gasteiger partial charge in [-0.1, -0.05) is 24.3 Å². The summed E-state index contributed by atoms with van der Waals surface area (Å²) in [7, 11) is -2.90. The molecule has 2 N–H and O–H groups in total. The summed E-state index contributed by atoms with van der Waals surface area (Å²) in [5, 5.41) is 8.17. The van der Waals surface area contributed by atoms with E-state index in [-0.39, 0.29) is 23.3 Å². The topological polar surface area (TPSA) is 121 Å². The monoisotopic (exact) mass is 631 g/mol. The van der Waals surface area contributed by atoms with Crippen LogP contribution < -0.4 is 15.5 Å². The van der Waals surface area contributed by atoms with Crippen LogP contribution in [0.2, 0.25) is 0 Å². The maximum atomic E-state index is 12.9. The number of nitrogens with zero attached hydrogens (tertiary/aromatic N) is 3. The van der Waals surface area contributed by atoms with Crippen LogP contribution in [0.15, 0.2) is 78.2 Å². The molecule has 0 aliphatic carbocycles. The first-order chi connectivity index (χ1) is 21.3. The highest BCUT2D eigenvalue weighted by Gasteiger charge is 2.21. The number of thiazole rings is 1. The van der Waals surface area contributed by atoms with Gasteiger partial charge < -0.3 is 15.0 Å². The number of sulfone groups is 1. The lowest BCUT2D eigenvalue weighted by molar-refractivity contribution is 0.101.